The number of benzene rings is 1. The minimum atomic E-state index is -0.427. The van der Waals surface area contributed by atoms with Crippen LogP contribution in [0.3, 0.4) is 0 Å². The van der Waals surface area contributed by atoms with Crippen LogP contribution in [-0.2, 0) is 14.3 Å². The Balaban J connectivity index is 0.00000225. The second-order valence-electron chi connectivity index (χ2n) is 6.62. The number of hydrogen-bond acceptors (Lipinski definition) is 5. The molecule has 0 aromatic heterocycles. The Labute approximate surface area is 154 Å². The summed E-state index contributed by atoms with van der Waals surface area (Å²) >= 11 is 0. The highest BCUT2D eigenvalue weighted by Gasteiger charge is 2.34. The zero-order valence-corrected chi connectivity index (χ0v) is 15.1. The van der Waals surface area contributed by atoms with Crippen LogP contribution in [0, 0.1) is 5.92 Å². The molecule has 2 heterocycles. The van der Waals surface area contributed by atoms with Crippen molar-refractivity contribution in [2.24, 2.45) is 5.92 Å². The summed E-state index contributed by atoms with van der Waals surface area (Å²) in [7, 11) is 1.32. The van der Waals surface area contributed by atoms with Gasteiger partial charge >= 0.3 is 5.97 Å². The summed E-state index contributed by atoms with van der Waals surface area (Å²) < 4.78 is 9.79. The van der Waals surface area contributed by atoms with E-state index in [0.717, 1.165) is 18.5 Å². The van der Waals surface area contributed by atoms with Crippen molar-refractivity contribution in [3.05, 3.63) is 24.3 Å². The molecule has 25 heavy (non-hydrogen) atoms. The number of esters is 1. The van der Waals surface area contributed by atoms with Crippen molar-refractivity contribution in [2.45, 2.75) is 44.2 Å². The summed E-state index contributed by atoms with van der Waals surface area (Å²) in [5, 5.41) is 6.53. The molecule has 3 rings (SSSR count). The quantitative estimate of drug-likeness (QED) is 0.754. The first-order valence-electron chi connectivity index (χ1n) is 8.48. The largest absolute Gasteiger partial charge is 0.482 e. The highest BCUT2D eigenvalue weighted by atomic mass is 35.5. The van der Waals surface area contributed by atoms with Crippen molar-refractivity contribution in [3.8, 4) is 5.75 Å². The Kier molecular flexibility index (Phi) is 7.08. The van der Waals surface area contributed by atoms with Crippen LogP contribution in [0.5, 0.6) is 5.75 Å². The number of carbonyl (C=O) groups is 2. The van der Waals surface area contributed by atoms with E-state index in [4.69, 9.17) is 4.74 Å². The van der Waals surface area contributed by atoms with Gasteiger partial charge in [-0.15, -0.1) is 12.4 Å². The van der Waals surface area contributed by atoms with Gasteiger partial charge in [0, 0.05) is 24.2 Å². The summed E-state index contributed by atoms with van der Waals surface area (Å²) in [6.45, 7) is -0.125. The first-order valence-corrected chi connectivity index (χ1v) is 8.48. The number of piperidine rings is 1. The van der Waals surface area contributed by atoms with Crippen LogP contribution in [-0.4, -0.2) is 37.7 Å². The minimum Gasteiger partial charge on any atom is -0.482 e. The number of rotatable bonds is 6. The summed E-state index contributed by atoms with van der Waals surface area (Å²) in [5.74, 6) is 0.674. The number of hydrogen-bond donors (Lipinski definition) is 2. The van der Waals surface area contributed by atoms with Crippen LogP contribution in [0.2, 0.25) is 0 Å². The molecule has 1 amide bonds. The molecule has 7 heteroatoms. The van der Waals surface area contributed by atoms with Gasteiger partial charge in [-0.25, -0.2) is 4.79 Å². The highest BCUT2D eigenvalue weighted by Crippen LogP contribution is 2.32. The van der Waals surface area contributed by atoms with Crippen LogP contribution in [0.25, 0.3) is 0 Å². The molecule has 6 nitrogen and oxygen atoms in total. The van der Waals surface area contributed by atoms with Crippen molar-refractivity contribution in [3.63, 3.8) is 0 Å². The van der Waals surface area contributed by atoms with Gasteiger partial charge < -0.3 is 20.1 Å². The van der Waals surface area contributed by atoms with Gasteiger partial charge in [0.15, 0.2) is 6.61 Å². The smallest absolute Gasteiger partial charge is 0.343 e. The maximum absolute atomic E-state index is 12.2. The fraction of sp³-hybridized carbons (Fsp3) is 0.556. The third-order valence-electron chi connectivity index (χ3n) is 4.77. The van der Waals surface area contributed by atoms with Crippen LogP contribution >= 0.6 is 12.4 Å². The van der Waals surface area contributed by atoms with E-state index in [-0.39, 0.29) is 24.9 Å². The first kappa shape index (κ1) is 19.5. The zero-order valence-electron chi connectivity index (χ0n) is 14.3. The summed E-state index contributed by atoms with van der Waals surface area (Å²) in [6, 6.07) is 8.21. The van der Waals surface area contributed by atoms with E-state index in [1.54, 1.807) is 24.3 Å². The number of methoxy groups -OCH3 is 1. The van der Waals surface area contributed by atoms with E-state index in [2.05, 4.69) is 15.4 Å². The summed E-state index contributed by atoms with van der Waals surface area (Å²) in [6.07, 6.45) is 5.27. The second kappa shape index (κ2) is 9.06. The van der Waals surface area contributed by atoms with Crippen LogP contribution < -0.4 is 15.4 Å². The molecule has 0 aliphatic carbocycles. The molecule has 1 aromatic carbocycles. The van der Waals surface area contributed by atoms with Gasteiger partial charge in [0.25, 0.3) is 0 Å². The average molecular weight is 369 g/mol. The Morgan fingerprint density at radius 1 is 1.16 bits per heavy atom. The standard InChI is InChI=1S/C18H24N2O4.ClH/c1-23-18(22)11-24-16-6-4-13(5-7-16)20-17(21)10-12-8-14-2-3-15(9-12)19-14;/h4-7,12,14-15,19H,2-3,8-11H2,1H3,(H,20,21);1H. The van der Waals surface area contributed by atoms with Gasteiger partial charge in [-0.05, 0) is 55.9 Å². The maximum Gasteiger partial charge on any atom is 0.343 e. The number of amides is 1. The van der Waals surface area contributed by atoms with Crippen molar-refractivity contribution < 1.29 is 19.1 Å². The average Bonchev–Trinajstić information content (AvgIpc) is 2.92. The number of carbonyl (C=O) groups excluding carboxylic acids is 2. The molecule has 2 saturated heterocycles. The third-order valence-corrected chi connectivity index (χ3v) is 4.77. The molecule has 0 radical (unpaired) electrons. The molecule has 2 bridgehead atoms. The molecule has 2 fully saturated rings. The SMILES string of the molecule is COC(=O)COc1ccc(NC(=O)CC2CC3CCC(C2)N3)cc1.Cl. The molecule has 1 aromatic rings. The van der Waals surface area contributed by atoms with Gasteiger partial charge in [0.1, 0.15) is 5.75 Å². The lowest BCUT2D eigenvalue weighted by Gasteiger charge is -2.28. The molecule has 2 aliphatic rings. The number of ether oxygens (including phenoxy) is 2. The molecule has 138 valence electrons. The molecule has 2 atom stereocenters. The van der Waals surface area contributed by atoms with Gasteiger partial charge in [0.05, 0.1) is 7.11 Å². The molecule has 2 aliphatic heterocycles. The lowest BCUT2D eigenvalue weighted by molar-refractivity contribution is -0.142. The van der Waals surface area contributed by atoms with Crippen LogP contribution in [0.15, 0.2) is 24.3 Å². The fourth-order valence-corrected chi connectivity index (χ4v) is 3.65. The molecule has 2 N–H and O–H groups in total. The van der Waals surface area contributed by atoms with Crippen molar-refractivity contribution >= 4 is 30.0 Å². The first-order chi connectivity index (χ1) is 11.6. The fourth-order valence-electron chi connectivity index (χ4n) is 3.65. The summed E-state index contributed by atoms with van der Waals surface area (Å²) in [5.41, 5.74) is 0.738. The predicted molar refractivity (Wildman–Crippen MR) is 97.1 cm³/mol. The second-order valence-corrected chi connectivity index (χ2v) is 6.62. The number of anilines is 1. The zero-order chi connectivity index (χ0) is 16.9. The number of fused-ring (bicyclic) bond motifs is 2. The van der Waals surface area contributed by atoms with Crippen LogP contribution in [0.4, 0.5) is 5.69 Å². The Hall–Kier alpha value is -1.79. The lowest BCUT2D eigenvalue weighted by Crippen LogP contribution is -2.39. The van der Waals surface area contributed by atoms with Crippen LogP contribution in [0.1, 0.15) is 32.1 Å². The molecule has 0 saturated carbocycles. The van der Waals surface area contributed by atoms with E-state index in [1.807, 2.05) is 0 Å². The Bertz CT molecular complexity index is 581. The lowest BCUT2D eigenvalue weighted by atomic mass is 9.89. The van der Waals surface area contributed by atoms with Gasteiger partial charge in [-0.2, -0.15) is 0 Å². The van der Waals surface area contributed by atoms with E-state index in [1.165, 1.54) is 20.0 Å². The topological polar surface area (TPSA) is 76.7 Å². The van der Waals surface area contributed by atoms with E-state index < -0.39 is 5.97 Å². The highest BCUT2D eigenvalue weighted by molar-refractivity contribution is 5.90. The van der Waals surface area contributed by atoms with Crippen molar-refractivity contribution in [2.75, 3.05) is 19.0 Å². The molecule has 0 spiro atoms. The van der Waals surface area contributed by atoms with E-state index in [9.17, 15) is 9.59 Å². The van der Waals surface area contributed by atoms with E-state index in [0.29, 0.717) is 30.2 Å². The number of nitrogens with one attached hydrogen (secondary N) is 2. The van der Waals surface area contributed by atoms with Crippen molar-refractivity contribution in [1.29, 1.82) is 0 Å². The molecular weight excluding hydrogens is 344 g/mol. The molecular formula is C18H25ClN2O4. The minimum absolute atomic E-state index is 0. The molecule has 2 unspecified atom stereocenters. The Morgan fingerprint density at radius 2 is 1.80 bits per heavy atom. The third kappa shape index (κ3) is 5.61. The van der Waals surface area contributed by atoms with Crippen molar-refractivity contribution in [1.82, 2.24) is 5.32 Å². The van der Waals surface area contributed by atoms with Gasteiger partial charge in [-0.3, -0.25) is 4.79 Å². The normalized spacial score (nSPS) is 24.1. The van der Waals surface area contributed by atoms with E-state index >= 15 is 0 Å². The Morgan fingerprint density at radius 3 is 2.40 bits per heavy atom. The monoisotopic (exact) mass is 368 g/mol. The predicted octanol–water partition coefficient (Wildman–Crippen LogP) is 2.52. The maximum atomic E-state index is 12.2. The summed E-state index contributed by atoms with van der Waals surface area (Å²) in [4.78, 5) is 23.3. The number of halogens is 1. The van der Waals surface area contributed by atoms with Gasteiger partial charge in [0.2, 0.25) is 5.91 Å². The van der Waals surface area contributed by atoms with Gasteiger partial charge in [-0.1, -0.05) is 0 Å².